The Morgan fingerprint density at radius 3 is 2.69 bits per heavy atom. The average Bonchev–Trinajstić information content (AvgIpc) is 3.22. The number of aliphatic imine (C=N–C) groups is 1. The molecule has 1 saturated heterocycles. The Labute approximate surface area is 152 Å². The van der Waals surface area contributed by atoms with Crippen molar-refractivity contribution in [3.05, 3.63) is 53.9 Å². The van der Waals surface area contributed by atoms with Crippen molar-refractivity contribution in [2.24, 2.45) is 12.0 Å². The van der Waals surface area contributed by atoms with Crippen molar-refractivity contribution in [3.8, 4) is 0 Å². The summed E-state index contributed by atoms with van der Waals surface area (Å²) in [5, 5.41) is 6.61. The molecule has 1 atom stereocenters. The number of benzene rings is 1. The standard InChI is InChI=1S/C19H25F2N5/c1-3-22-19(23-11-14-7-9-25(2)12-14)24-15-8-10-26(13-15)18-16(20)5-4-6-17(18)21/h4-7,9,12,15H,3,8,10-11,13H2,1-2H3,(H2,22,23,24). The molecule has 26 heavy (non-hydrogen) atoms. The van der Waals surface area contributed by atoms with E-state index in [1.165, 1.54) is 18.2 Å². The van der Waals surface area contributed by atoms with E-state index in [0.29, 0.717) is 19.6 Å². The number of para-hydroxylation sites is 1. The van der Waals surface area contributed by atoms with Gasteiger partial charge in [0.2, 0.25) is 0 Å². The minimum absolute atomic E-state index is 0.0584. The summed E-state index contributed by atoms with van der Waals surface area (Å²) >= 11 is 0. The summed E-state index contributed by atoms with van der Waals surface area (Å²) in [5.41, 5.74) is 1.19. The fourth-order valence-electron chi connectivity index (χ4n) is 3.21. The highest BCUT2D eigenvalue weighted by atomic mass is 19.1. The van der Waals surface area contributed by atoms with E-state index in [4.69, 9.17) is 0 Å². The van der Waals surface area contributed by atoms with E-state index in [-0.39, 0.29) is 11.7 Å². The van der Waals surface area contributed by atoms with E-state index in [1.54, 1.807) is 4.90 Å². The second-order valence-corrected chi connectivity index (χ2v) is 6.53. The number of halogens is 2. The molecule has 1 fully saturated rings. The van der Waals surface area contributed by atoms with Gasteiger partial charge in [-0.25, -0.2) is 13.8 Å². The van der Waals surface area contributed by atoms with E-state index in [1.807, 2.05) is 37.0 Å². The van der Waals surface area contributed by atoms with Crippen LogP contribution in [0.5, 0.6) is 0 Å². The highest BCUT2D eigenvalue weighted by molar-refractivity contribution is 5.80. The summed E-state index contributed by atoms with van der Waals surface area (Å²) in [7, 11) is 1.98. The normalized spacial score (nSPS) is 17.6. The van der Waals surface area contributed by atoms with Gasteiger partial charge in [0.1, 0.15) is 17.3 Å². The molecule has 2 heterocycles. The molecule has 0 radical (unpaired) electrons. The van der Waals surface area contributed by atoms with Gasteiger partial charge in [-0.05, 0) is 37.1 Å². The van der Waals surface area contributed by atoms with E-state index >= 15 is 0 Å². The van der Waals surface area contributed by atoms with Gasteiger partial charge in [-0.1, -0.05) is 6.07 Å². The van der Waals surface area contributed by atoms with Crippen molar-refractivity contribution in [3.63, 3.8) is 0 Å². The zero-order chi connectivity index (χ0) is 18.5. The summed E-state index contributed by atoms with van der Waals surface area (Å²) in [6.45, 7) is 4.48. The fourth-order valence-corrected chi connectivity index (χ4v) is 3.21. The first-order valence-electron chi connectivity index (χ1n) is 8.91. The number of aryl methyl sites for hydroxylation is 1. The molecule has 1 aliphatic heterocycles. The Kier molecular flexibility index (Phi) is 5.75. The van der Waals surface area contributed by atoms with E-state index < -0.39 is 11.6 Å². The van der Waals surface area contributed by atoms with Crippen molar-refractivity contribution >= 4 is 11.6 Å². The topological polar surface area (TPSA) is 44.6 Å². The molecule has 140 valence electrons. The highest BCUT2D eigenvalue weighted by Gasteiger charge is 2.27. The molecule has 0 amide bonds. The molecule has 1 aliphatic rings. The van der Waals surface area contributed by atoms with Crippen LogP contribution in [0.4, 0.5) is 14.5 Å². The van der Waals surface area contributed by atoms with E-state index in [0.717, 1.165) is 24.5 Å². The van der Waals surface area contributed by atoms with Gasteiger partial charge in [-0.2, -0.15) is 0 Å². The summed E-state index contributed by atoms with van der Waals surface area (Å²) in [6.07, 6.45) is 4.82. The molecule has 0 saturated carbocycles. The van der Waals surface area contributed by atoms with Crippen LogP contribution in [0.2, 0.25) is 0 Å². The smallest absolute Gasteiger partial charge is 0.191 e. The maximum atomic E-state index is 14.0. The quantitative estimate of drug-likeness (QED) is 0.636. The molecule has 5 nitrogen and oxygen atoms in total. The predicted octanol–water partition coefficient (Wildman–Crippen LogP) is 2.64. The Hall–Kier alpha value is -2.57. The summed E-state index contributed by atoms with van der Waals surface area (Å²) in [6, 6.07) is 6.10. The molecular formula is C19H25F2N5. The monoisotopic (exact) mass is 361 g/mol. The van der Waals surface area contributed by atoms with Crippen molar-refractivity contribution in [2.45, 2.75) is 25.9 Å². The number of hydrogen-bond acceptors (Lipinski definition) is 2. The van der Waals surface area contributed by atoms with Crippen LogP contribution in [0.15, 0.2) is 41.7 Å². The lowest BCUT2D eigenvalue weighted by Gasteiger charge is -2.21. The van der Waals surface area contributed by atoms with Gasteiger partial charge >= 0.3 is 0 Å². The van der Waals surface area contributed by atoms with Crippen LogP contribution in [-0.4, -0.2) is 36.2 Å². The van der Waals surface area contributed by atoms with Crippen molar-refractivity contribution in [1.29, 1.82) is 0 Å². The minimum Gasteiger partial charge on any atom is -0.365 e. The molecule has 1 aromatic heterocycles. The number of aromatic nitrogens is 1. The Balaban J connectivity index is 1.63. The van der Waals surface area contributed by atoms with Gasteiger partial charge in [-0.15, -0.1) is 0 Å². The molecule has 1 aromatic carbocycles. The minimum atomic E-state index is -0.518. The first-order chi connectivity index (χ1) is 12.6. The number of nitrogens with zero attached hydrogens (tertiary/aromatic N) is 3. The number of guanidine groups is 1. The largest absolute Gasteiger partial charge is 0.365 e. The highest BCUT2D eigenvalue weighted by Crippen LogP contribution is 2.26. The van der Waals surface area contributed by atoms with Gasteiger partial charge in [0.05, 0.1) is 6.54 Å². The third kappa shape index (κ3) is 4.33. The van der Waals surface area contributed by atoms with Crippen LogP contribution >= 0.6 is 0 Å². The van der Waals surface area contributed by atoms with Crippen LogP contribution in [0.1, 0.15) is 18.9 Å². The first-order valence-corrected chi connectivity index (χ1v) is 8.91. The van der Waals surface area contributed by atoms with E-state index in [9.17, 15) is 8.78 Å². The predicted molar refractivity (Wildman–Crippen MR) is 100 cm³/mol. The maximum absolute atomic E-state index is 14.0. The summed E-state index contributed by atoms with van der Waals surface area (Å²) < 4.78 is 30.0. The molecule has 1 unspecified atom stereocenters. The zero-order valence-corrected chi connectivity index (χ0v) is 15.2. The lowest BCUT2D eigenvalue weighted by atomic mass is 10.2. The molecule has 2 aromatic rings. The third-order valence-corrected chi connectivity index (χ3v) is 4.44. The molecule has 0 bridgehead atoms. The lowest BCUT2D eigenvalue weighted by molar-refractivity contribution is 0.576. The van der Waals surface area contributed by atoms with Gasteiger partial charge in [0.25, 0.3) is 0 Å². The van der Waals surface area contributed by atoms with Gasteiger partial charge < -0.3 is 20.1 Å². The first kappa shape index (κ1) is 18.2. The number of hydrogen-bond donors (Lipinski definition) is 2. The van der Waals surface area contributed by atoms with Crippen LogP contribution < -0.4 is 15.5 Å². The Morgan fingerprint density at radius 2 is 2.04 bits per heavy atom. The SMILES string of the molecule is CCNC(=NCc1ccn(C)c1)NC1CCN(c2c(F)cccc2F)C1. The molecule has 7 heteroatoms. The number of nitrogens with one attached hydrogen (secondary N) is 2. The fraction of sp³-hybridized carbons (Fsp3) is 0.421. The molecule has 0 spiro atoms. The van der Waals surface area contributed by atoms with Crippen LogP contribution in [-0.2, 0) is 13.6 Å². The summed E-state index contributed by atoms with van der Waals surface area (Å²) in [4.78, 5) is 6.36. The van der Waals surface area contributed by atoms with Gasteiger partial charge in [0.15, 0.2) is 5.96 Å². The third-order valence-electron chi connectivity index (χ3n) is 4.44. The molecule has 2 N–H and O–H groups in total. The lowest BCUT2D eigenvalue weighted by Crippen LogP contribution is -2.44. The number of rotatable bonds is 5. The van der Waals surface area contributed by atoms with Crippen LogP contribution in [0.3, 0.4) is 0 Å². The maximum Gasteiger partial charge on any atom is 0.191 e. The summed E-state index contributed by atoms with van der Waals surface area (Å²) in [5.74, 6) is -0.317. The van der Waals surface area contributed by atoms with Crippen molar-refractivity contribution < 1.29 is 8.78 Å². The van der Waals surface area contributed by atoms with Gasteiger partial charge in [0, 0.05) is 45.1 Å². The zero-order valence-electron chi connectivity index (χ0n) is 15.2. The molecule has 0 aliphatic carbocycles. The second-order valence-electron chi connectivity index (χ2n) is 6.53. The average molecular weight is 361 g/mol. The van der Waals surface area contributed by atoms with E-state index in [2.05, 4.69) is 15.6 Å². The van der Waals surface area contributed by atoms with Crippen molar-refractivity contribution in [1.82, 2.24) is 15.2 Å². The Morgan fingerprint density at radius 1 is 1.27 bits per heavy atom. The Bertz CT molecular complexity index is 751. The molecule has 3 rings (SSSR count). The van der Waals surface area contributed by atoms with Crippen molar-refractivity contribution in [2.75, 3.05) is 24.5 Å². The van der Waals surface area contributed by atoms with Gasteiger partial charge in [-0.3, -0.25) is 0 Å². The van der Waals surface area contributed by atoms with Crippen LogP contribution in [0.25, 0.3) is 0 Å². The van der Waals surface area contributed by atoms with Crippen LogP contribution in [0, 0.1) is 11.6 Å². The molecular weight excluding hydrogens is 336 g/mol. The number of anilines is 1. The second kappa shape index (κ2) is 8.21.